The van der Waals surface area contributed by atoms with Gasteiger partial charge in [-0.05, 0) is 19.4 Å². The Kier molecular flexibility index (Phi) is 15.4. The topological polar surface area (TPSA) is 183 Å². The predicted octanol–water partition coefficient (Wildman–Crippen LogP) is 1.22. The van der Waals surface area contributed by atoms with Crippen molar-refractivity contribution in [2.45, 2.75) is 72.2 Å². The molecule has 220 valence electrons. The van der Waals surface area contributed by atoms with Crippen LogP contribution in [0.2, 0.25) is 0 Å². The Morgan fingerprint density at radius 1 is 1.08 bits per heavy atom. The standard InChI is InChI=1S/C27H40N4O7.H2O/c1-8-18(4)22(23(33)29-20(14-17(2)3)24(34)37-7)30-21(32)15-28-25(35)27(5,6)31-26(36)38-16-19-12-10-9-11-13-19;/h8-13,18,20,22H,14-16H2,1-7H3,(H,28,35)(H,29,33)(H,30,32)(H,31,36);1H2/q-2;/p+2/t18-,20-,22-;/m0./s1. The van der Waals surface area contributed by atoms with Gasteiger partial charge in [0.15, 0.2) is 0 Å². The molecule has 0 radical (unpaired) electrons. The van der Waals surface area contributed by atoms with Crippen LogP contribution in [0, 0.1) is 18.3 Å². The van der Waals surface area contributed by atoms with Crippen molar-refractivity contribution in [3.63, 3.8) is 0 Å². The van der Waals surface area contributed by atoms with Gasteiger partial charge in [0, 0.05) is 0 Å². The molecule has 12 nitrogen and oxygen atoms in total. The molecular formula is C27H44N4O8. The van der Waals surface area contributed by atoms with Gasteiger partial charge in [0.2, 0.25) is 17.7 Å². The molecule has 3 atom stereocenters. The van der Waals surface area contributed by atoms with E-state index in [9.17, 15) is 24.0 Å². The number of ether oxygens (including phenoxy) is 2. The second-order valence-electron chi connectivity index (χ2n) is 9.73. The van der Waals surface area contributed by atoms with Gasteiger partial charge in [-0.25, -0.2) is 9.59 Å². The van der Waals surface area contributed by atoms with Crippen LogP contribution in [-0.2, 0) is 35.3 Å². The summed E-state index contributed by atoms with van der Waals surface area (Å²) in [6, 6.07) is 7.18. The Labute approximate surface area is 233 Å². The number of carbonyl (C=O) groups is 5. The summed E-state index contributed by atoms with van der Waals surface area (Å²) < 4.78 is 9.92. The number of alkyl carbamates (subject to hydrolysis) is 1. The second-order valence-corrected chi connectivity index (χ2v) is 9.73. The van der Waals surface area contributed by atoms with Crippen LogP contribution in [0.3, 0.4) is 0 Å². The average Bonchev–Trinajstić information content (AvgIpc) is 2.87. The lowest BCUT2D eigenvalue weighted by Crippen LogP contribution is -2.58. The summed E-state index contributed by atoms with van der Waals surface area (Å²) in [4.78, 5) is 62.5. The van der Waals surface area contributed by atoms with Gasteiger partial charge in [-0.2, -0.15) is 20.8 Å². The van der Waals surface area contributed by atoms with Crippen molar-refractivity contribution in [1.29, 1.82) is 0 Å². The molecule has 0 saturated carbocycles. The molecule has 0 aliphatic rings. The van der Waals surface area contributed by atoms with Crippen LogP contribution in [0.15, 0.2) is 30.3 Å². The normalized spacial score (nSPS) is 13.1. The van der Waals surface area contributed by atoms with Crippen LogP contribution < -0.4 is 21.3 Å². The van der Waals surface area contributed by atoms with E-state index in [0.717, 1.165) is 11.5 Å². The highest BCUT2D eigenvalue weighted by Crippen LogP contribution is 2.12. The fourth-order valence-corrected chi connectivity index (χ4v) is 3.31. The molecule has 0 spiro atoms. The van der Waals surface area contributed by atoms with Crippen molar-refractivity contribution in [3.05, 3.63) is 48.2 Å². The van der Waals surface area contributed by atoms with Gasteiger partial charge in [0.05, 0.1) is 19.7 Å². The maximum absolute atomic E-state index is 13.0. The van der Waals surface area contributed by atoms with Gasteiger partial charge in [0.25, 0.3) is 0 Å². The summed E-state index contributed by atoms with van der Waals surface area (Å²) in [6.45, 7) is 9.66. The molecule has 0 fully saturated rings. The third kappa shape index (κ3) is 12.6. The Balaban J connectivity index is -0.00000481. The third-order valence-corrected chi connectivity index (χ3v) is 5.67. The Morgan fingerprint density at radius 2 is 1.69 bits per heavy atom. The van der Waals surface area contributed by atoms with Crippen LogP contribution in [0.25, 0.3) is 0 Å². The summed E-state index contributed by atoms with van der Waals surface area (Å²) in [5, 5.41) is 10.2. The minimum atomic E-state index is -1.38. The van der Waals surface area contributed by atoms with Gasteiger partial charge in [0.1, 0.15) is 18.2 Å². The summed E-state index contributed by atoms with van der Waals surface area (Å²) in [6.07, 6.45) is 1.23. The van der Waals surface area contributed by atoms with E-state index in [2.05, 4.69) is 21.3 Å². The first-order valence-electron chi connectivity index (χ1n) is 12.3. The molecule has 0 aliphatic carbocycles. The second kappa shape index (κ2) is 17.0. The van der Waals surface area contributed by atoms with E-state index in [0.29, 0.717) is 0 Å². The fourth-order valence-electron chi connectivity index (χ4n) is 3.31. The Morgan fingerprint density at radius 3 is 2.23 bits per heavy atom. The maximum atomic E-state index is 13.0. The first kappa shape index (κ1) is 35.3. The van der Waals surface area contributed by atoms with Crippen LogP contribution >= 0.6 is 0 Å². The highest BCUT2D eigenvalue weighted by Gasteiger charge is 2.31. The number of methoxy groups -OCH3 is 1. The first-order chi connectivity index (χ1) is 17.8. The number of amides is 4. The van der Waals surface area contributed by atoms with Crippen LogP contribution in [-0.4, -0.2) is 66.5 Å². The van der Waals surface area contributed by atoms with Gasteiger partial charge in [-0.3, -0.25) is 14.4 Å². The molecule has 39 heavy (non-hydrogen) atoms. The highest BCUT2D eigenvalue weighted by molar-refractivity contribution is 5.94. The van der Waals surface area contributed by atoms with Gasteiger partial charge >= 0.3 is 14.9 Å². The average molecular weight is 553 g/mol. The fraction of sp³-hybridized carbons (Fsp3) is 0.519. The summed E-state index contributed by atoms with van der Waals surface area (Å²) in [5.41, 5.74) is -0.586. The molecule has 6 N–H and O–H groups in total. The van der Waals surface area contributed by atoms with Gasteiger partial charge in [-0.1, -0.05) is 37.3 Å². The number of esters is 1. The molecule has 0 saturated heterocycles. The monoisotopic (exact) mass is 552 g/mol. The quantitative estimate of drug-likeness (QED) is 0.197. The summed E-state index contributed by atoms with van der Waals surface area (Å²) >= 11 is 0. The highest BCUT2D eigenvalue weighted by atomic mass is 16.5. The smallest absolute Gasteiger partial charge is 0.468 e. The molecule has 0 bridgehead atoms. The molecule has 12 heteroatoms. The number of benzene rings is 1. The van der Waals surface area contributed by atoms with E-state index in [1.165, 1.54) is 21.0 Å². The zero-order valence-electron chi connectivity index (χ0n) is 25.7. The Bertz CT molecular complexity index is 964. The van der Waals surface area contributed by atoms with Gasteiger partial charge < -0.3 is 48.6 Å². The van der Waals surface area contributed by atoms with E-state index in [1.807, 2.05) is 32.0 Å². The SMILES string of the molecule is C[CH-][C@H](C)[C@H](NC(=O)CNC(=O)C(C)(C)NC(=O)OCc1ccccc1)C(=O)N[C@@H](C[C-](C)C)C(=O)OC.O.[H+].[H+]. The van der Waals surface area contributed by atoms with E-state index in [4.69, 9.17) is 9.47 Å². The van der Waals surface area contributed by atoms with Crippen molar-refractivity contribution < 1.29 is 41.8 Å². The van der Waals surface area contributed by atoms with Crippen molar-refractivity contribution in [3.8, 4) is 0 Å². The van der Waals surface area contributed by atoms with Crippen molar-refractivity contribution in [2.24, 2.45) is 5.92 Å². The van der Waals surface area contributed by atoms with Crippen LogP contribution in [0.1, 0.15) is 56.4 Å². The van der Waals surface area contributed by atoms with E-state index < -0.39 is 54.0 Å². The molecule has 0 aliphatic heterocycles. The van der Waals surface area contributed by atoms with E-state index in [1.54, 1.807) is 32.4 Å². The molecule has 4 amide bonds. The molecule has 1 aromatic carbocycles. The minimum Gasteiger partial charge on any atom is -0.468 e. The zero-order chi connectivity index (χ0) is 28.9. The van der Waals surface area contributed by atoms with Crippen LogP contribution in [0.4, 0.5) is 4.79 Å². The number of hydrogen-bond donors (Lipinski definition) is 4. The molecule has 1 rings (SSSR count). The molecule has 0 aromatic heterocycles. The van der Waals surface area contributed by atoms with Gasteiger partial charge in [-0.15, -0.1) is 12.3 Å². The summed E-state index contributed by atoms with van der Waals surface area (Å²) in [5.74, 6) is -1.86. The number of nitrogens with one attached hydrogen (secondary N) is 4. The largest absolute Gasteiger partial charge is 1.00 e. The zero-order valence-corrected chi connectivity index (χ0v) is 23.7. The minimum absolute atomic E-state index is 0. The lowest BCUT2D eigenvalue weighted by molar-refractivity contribution is -0.145. The molecule has 0 unspecified atom stereocenters. The van der Waals surface area contributed by atoms with E-state index >= 15 is 0 Å². The molecule has 0 heterocycles. The van der Waals surface area contributed by atoms with Crippen molar-refractivity contribution >= 4 is 29.8 Å². The van der Waals surface area contributed by atoms with E-state index in [-0.39, 0.29) is 27.3 Å². The predicted molar refractivity (Wildman–Crippen MR) is 147 cm³/mol. The number of hydrogen-bond acceptors (Lipinski definition) is 7. The third-order valence-electron chi connectivity index (χ3n) is 5.67. The maximum Gasteiger partial charge on any atom is 1.00 e. The van der Waals surface area contributed by atoms with Crippen molar-refractivity contribution in [2.75, 3.05) is 13.7 Å². The first-order valence-corrected chi connectivity index (χ1v) is 12.3. The van der Waals surface area contributed by atoms with Crippen LogP contribution in [0.5, 0.6) is 0 Å². The molecule has 1 aromatic rings. The molecular weight excluding hydrogens is 508 g/mol. The Hall–Kier alpha value is -3.67. The lowest BCUT2D eigenvalue weighted by atomic mass is 9.97. The summed E-state index contributed by atoms with van der Waals surface area (Å²) in [7, 11) is 1.23. The van der Waals surface area contributed by atoms with Crippen molar-refractivity contribution in [1.82, 2.24) is 21.3 Å². The number of carbonyl (C=O) groups excluding carboxylic acids is 5. The number of rotatable bonds is 14. The lowest BCUT2D eigenvalue weighted by Gasteiger charge is -2.32.